The molecule has 0 saturated carbocycles. The summed E-state index contributed by atoms with van der Waals surface area (Å²) in [5.74, 6) is -0.992. The van der Waals surface area contributed by atoms with Gasteiger partial charge in [0, 0.05) is 5.02 Å². The minimum atomic E-state index is -0.863. The molecule has 0 spiro atoms. The Morgan fingerprint density at radius 3 is 2.75 bits per heavy atom. The zero-order chi connectivity index (χ0) is 22.4. The minimum Gasteiger partial charge on any atom is -0.503 e. The SMILES string of the molecule is COc1ccc2nc(N3C(=O)C(O)=C(C(=O)c4cccs4)[C@H]3c3cccc(Cl)c3)sc2c1. The summed E-state index contributed by atoms with van der Waals surface area (Å²) in [5, 5.41) is 13.4. The van der Waals surface area contributed by atoms with Crippen molar-refractivity contribution in [3.8, 4) is 5.75 Å². The summed E-state index contributed by atoms with van der Waals surface area (Å²) >= 11 is 8.75. The summed E-state index contributed by atoms with van der Waals surface area (Å²) in [6, 6.07) is 14.9. The zero-order valence-corrected chi connectivity index (χ0v) is 19.0. The molecule has 3 heterocycles. The molecule has 2 aromatic heterocycles. The van der Waals surface area contributed by atoms with E-state index in [9.17, 15) is 14.7 Å². The molecule has 1 aliphatic rings. The first-order chi connectivity index (χ1) is 15.5. The van der Waals surface area contributed by atoms with E-state index in [1.165, 1.54) is 27.6 Å². The van der Waals surface area contributed by atoms with Crippen molar-refractivity contribution in [2.45, 2.75) is 6.04 Å². The van der Waals surface area contributed by atoms with Crippen LogP contribution in [-0.4, -0.2) is 28.9 Å². The summed E-state index contributed by atoms with van der Waals surface area (Å²) in [6.07, 6.45) is 0. The first kappa shape index (κ1) is 20.7. The molecule has 1 atom stereocenters. The maximum absolute atomic E-state index is 13.3. The molecule has 4 aromatic rings. The Hall–Kier alpha value is -3.20. The number of nitrogens with zero attached hydrogens (tertiary/aromatic N) is 2. The third-order valence-corrected chi connectivity index (χ3v) is 7.27. The first-order valence-electron chi connectivity index (χ1n) is 9.53. The van der Waals surface area contributed by atoms with E-state index >= 15 is 0 Å². The van der Waals surface area contributed by atoms with E-state index in [-0.39, 0.29) is 5.57 Å². The molecular formula is C23H15ClN2O4S2. The number of ether oxygens (including phenoxy) is 1. The van der Waals surface area contributed by atoms with E-state index in [2.05, 4.69) is 4.98 Å². The van der Waals surface area contributed by atoms with Gasteiger partial charge in [-0.2, -0.15) is 0 Å². The van der Waals surface area contributed by atoms with Gasteiger partial charge in [0.2, 0.25) is 5.78 Å². The molecule has 1 N–H and O–H groups in total. The smallest absolute Gasteiger partial charge is 0.296 e. The van der Waals surface area contributed by atoms with Crippen molar-refractivity contribution in [1.29, 1.82) is 0 Å². The quantitative estimate of drug-likeness (QED) is 0.363. The molecule has 0 aliphatic carbocycles. The highest BCUT2D eigenvalue weighted by Gasteiger charge is 2.46. The number of rotatable bonds is 5. The molecular weight excluding hydrogens is 468 g/mol. The lowest BCUT2D eigenvalue weighted by atomic mass is 9.95. The Morgan fingerprint density at radius 2 is 2.03 bits per heavy atom. The monoisotopic (exact) mass is 482 g/mol. The number of hydrogen-bond acceptors (Lipinski definition) is 7. The van der Waals surface area contributed by atoms with Gasteiger partial charge in [0.1, 0.15) is 5.75 Å². The maximum atomic E-state index is 13.3. The second-order valence-corrected chi connectivity index (χ2v) is 9.42. The normalized spacial score (nSPS) is 16.2. The number of halogens is 1. The molecule has 0 saturated heterocycles. The summed E-state index contributed by atoms with van der Waals surface area (Å²) in [5.41, 5.74) is 1.30. The minimum absolute atomic E-state index is 0.0107. The standard InChI is InChI=1S/C23H15ClN2O4S2/c1-30-14-7-8-15-17(11-14)32-23(25-15)26-19(12-4-2-5-13(24)10-12)18(21(28)22(26)29)20(27)16-6-3-9-31-16/h2-11,19,28H,1H3/t19-/m1/s1. The number of thiazole rings is 1. The fourth-order valence-electron chi connectivity index (χ4n) is 3.69. The van der Waals surface area contributed by atoms with Gasteiger partial charge in [-0.3, -0.25) is 14.5 Å². The number of carbonyl (C=O) groups excluding carboxylic acids is 2. The molecule has 1 amide bonds. The lowest BCUT2D eigenvalue weighted by Gasteiger charge is -2.24. The molecule has 2 aromatic carbocycles. The van der Waals surface area contributed by atoms with E-state index in [1.807, 2.05) is 6.07 Å². The van der Waals surface area contributed by atoms with Gasteiger partial charge in [0.05, 0.1) is 33.8 Å². The van der Waals surface area contributed by atoms with Gasteiger partial charge >= 0.3 is 0 Å². The van der Waals surface area contributed by atoms with Crippen LogP contribution in [0.4, 0.5) is 5.13 Å². The zero-order valence-electron chi connectivity index (χ0n) is 16.6. The van der Waals surface area contributed by atoms with Crippen LogP contribution in [-0.2, 0) is 4.79 Å². The van der Waals surface area contributed by atoms with E-state index in [4.69, 9.17) is 16.3 Å². The number of fused-ring (bicyclic) bond motifs is 1. The second kappa shape index (κ2) is 8.05. The number of Topliss-reactive ketones (excluding diaryl/α,β-unsaturated/α-hetero) is 1. The second-order valence-electron chi connectivity index (χ2n) is 7.03. The number of thiophene rings is 1. The number of carbonyl (C=O) groups is 2. The number of aromatic nitrogens is 1. The van der Waals surface area contributed by atoms with Gasteiger partial charge in [-0.1, -0.05) is 41.1 Å². The van der Waals surface area contributed by atoms with Crippen LogP contribution in [0.3, 0.4) is 0 Å². The Morgan fingerprint density at radius 1 is 1.19 bits per heavy atom. The third-order valence-electron chi connectivity index (χ3n) is 5.15. The van der Waals surface area contributed by atoms with Gasteiger partial charge in [0.15, 0.2) is 10.9 Å². The van der Waals surface area contributed by atoms with E-state index < -0.39 is 23.5 Å². The number of hydrogen-bond donors (Lipinski definition) is 1. The highest BCUT2D eigenvalue weighted by atomic mass is 35.5. The Labute approximate surface area is 196 Å². The van der Waals surface area contributed by atoms with Crippen molar-refractivity contribution in [2.75, 3.05) is 12.0 Å². The number of anilines is 1. The van der Waals surface area contributed by atoms with Gasteiger partial charge in [-0.15, -0.1) is 11.3 Å². The number of aliphatic hydroxyl groups excluding tert-OH is 1. The lowest BCUT2D eigenvalue weighted by molar-refractivity contribution is -0.117. The summed E-state index contributed by atoms with van der Waals surface area (Å²) in [7, 11) is 1.58. The number of methoxy groups -OCH3 is 1. The molecule has 32 heavy (non-hydrogen) atoms. The van der Waals surface area contributed by atoms with Crippen molar-refractivity contribution >= 4 is 61.3 Å². The summed E-state index contributed by atoms with van der Waals surface area (Å²) in [4.78, 5) is 32.9. The van der Waals surface area contributed by atoms with Crippen LogP contribution in [0.25, 0.3) is 10.2 Å². The van der Waals surface area contributed by atoms with E-state index in [0.717, 1.165) is 4.70 Å². The van der Waals surface area contributed by atoms with E-state index in [0.29, 0.717) is 31.9 Å². The Kier molecular flexibility index (Phi) is 5.21. The average Bonchev–Trinajstić information content (AvgIpc) is 3.51. The number of ketones is 1. The number of amides is 1. The number of benzene rings is 2. The van der Waals surface area contributed by atoms with Crippen LogP contribution >= 0.6 is 34.3 Å². The molecule has 0 unspecified atom stereocenters. The van der Waals surface area contributed by atoms with Crippen molar-refractivity contribution in [2.24, 2.45) is 0 Å². The predicted octanol–water partition coefficient (Wildman–Crippen LogP) is 5.80. The topological polar surface area (TPSA) is 79.7 Å². The van der Waals surface area contributed by atoms with Crippen molar-refractivity contribution in [3.05, 3.63) is 86.8 Å². The van der Waals surface area contributed by atoms with E-state index in [1.54, 1.807) is 61.0 Å². The maximum Gasteiger partial charge on any atom is 0.296 e. The molecule has 0 radical (unpaired) electrons. The Bertz CT molecular complexity index is 1390. The average molecular weight is 483 g/mol. The fraction of sp³-hybridized carbons (Fsp3) is 0.0870. The third kappa shape index (κ3) is 3.37. The Balaban J connectivity index is 1.68. The van der Waals surface area contributed by atoms with Crippen LogP contribution < -0.4 is 9.64 Å². The van der Waals surface area contributed by atoms with Gasteiger partial charge in [0.25, 0.3) is 5.91 Å². The molecule has 6 nitrogen and oxygen atoms in total. The van der Waals surface area contributed by atoms with Crippen LogP contribution in [0.1, 0.15) is 21.3 Å². The van der Waals surface area contributed by atoms with Crippen molar-refractivity contribution in [1.82, 2.24) is 4.98 Å². The lowest BCUT2D eigenvalue weighted by Crippen LogP contribution is -2.30. The van der Waals surface area contributed by atoms with Gasteiger partial charge in [-0.25, -0.2) is 4.98 Å². The highest BCUT2D eigenvalue weighted by molar-refractivity contribution is 7.22. The van der Waals surface area contributed by atoms with Crippen LogP contribution in [0.2, 0.25) is 5.02 Å². The molecule has 0 fully saturated rings. The largest absolute Gasteiger partial charge is 0.503 e. The molecule has 1 aliphatic heterocycles. The van der Waals surface area contributed by atoms with Crippen molar-refractivity contribution in [3.63, 3.8) is 0 Å². The van der Waals surface area contributed by atoms with Crippen molar-refractivity contribution < 1.29 is 19.4 Å². The van der Waals surface area contributed by atoms with Crippen LogP contribution in [0, 0.1) is 0 Å². The molecule has 5 rings (SSSR count). The summed E-state index contributed by atoms with van der Waals surface area (Å²) < 4.78 is 6.10. The number of aliphatic hydroxyl groups is 1. The molecule has 160 valence electrons. The molecule has 9 heteroatoms. The fourth-order valence-corrected chi connectivity index (χ4v) is 5.59. The first-order valence-corrected chi connectivity index (χ1v) is 11.6. The van der Waals surface area contributed by atoms with Gasteiger partial charge < -0.3 is 9.84 Å². The highest BCUT2D eigenvalue weighted by Crippen LogP contribution is 2.45. The van der Waals surface area contributed by atoms with Crippen LogP contribution in [0.5, 0.6) is 5.75 Å². The van der Waals surface area contributed by atoms with Crippen LogP contribution in [0.15, 0.2) is 71.3 Å². The summed E-state index contributed by atoms with van der Waals surface area (Å²) in [6.45, 7) is 0. The van der Waals surface area contributed by atoms with Gasteiger partial charge in [-0.05, 0) is 47.3 Å². The predicted molar refractivity (Wildman–Crippen MR) is 126 cm³/mol. The molecule has 0 bridgehead atoms.